The molecule has 0 radical (unpaired) electrons. The molecule has 0 saturated carbocycles. The summed E-state index contributed by atoms with van der Waals surface area (Å²) in [6.07, 6.45) is 5.54. The summed E-state index contributed by atoms with van der Waals surface area (Å²) < 4.78 is 0. The zero-order valence-electron chi connectivity index (χ0n) is 10.2. The van der Waals surface area contributed by atoms with Crippen molar-refractivity contribution in [2.75, 3.05) is 12.3 Å². The second-order valence-corrected chi connectivity index (χ2v) is 4.79. The fourth-order valence-corrected chi connectivity index (χ4v) is 2.20. The number of carbonyl (C=O) groups excluding carboxylic acids is 1. The summed E-state index contributed by atoms with van der Waals surface area (Å²) in [6, 6.07) is 10.2. The molecule has 0 aromatic heterocycles. The van der Waals surface area contributed by atoms with Crippen LogP contribution in [0.1, 0.15) is 19.8 Å². The van der Waals surface area contributed by atoms with Gasteiger partial charge in [-0.05, 0) is 25.5 Å². The molecular weight excluding hydrogens is 230 g/mol. The number of nitrogens with one attached hydrogen (secondary N) is 1. The van der Waals surface area contributed by atoms with E-state index >= 15 is 0 Å². The summed E-state index contributed by atoms with van der Waals surface area (Å²) >= 11 is 1.72. The summed E-state index contributed by atoms with van der Waals surface area (Å²) in [4.78, 5) is 12.7. The molecule has 1 aromatic rings. The van der Waals surface area contributed by atoms with Crippen molar-refractivity contribution in [3.8, 4) is 0 Å². The summed E-state index contributed by atoms with van der Waals surface area (Å²) in [5.74, 6) is 0.970. The molecule has 2 nitrogen and oxygen atoms in total. The Morgan fingerprint density at radius 2 is 2.12 bits per heavy atom. The number of amides is 1. The van der Waals surface area contributed by atoms with Gasteiger partial charge in [0, 0.05) is 23.6 Å². The fraction of sp³-hybridized carbons (Fsp3) is 0.357. The van der Waals surface area contributed by atoms with E-state index in [1.807, 2.05) is 31.2 Å². The molecule has 0 heterocycles. The SMILES string of the molecule is C/C=C/CCNC(=O)CCSc1ccccc1. The van der Waals surface area contributed by atoms with Gasteiger partial charge in [0.1, 0.15) is 0 Å². The van der Waals surface area contributed by atoms with Crippen LogP contribution in [0.5, 0.6) is 0 Å². The van der Waals surface area contributed by atoms with Gasteiger partial charge in [0.15, 0.2) is 0 Å². The first kappa shape index (κ1) is 13.8. The van der Waals surface area contributed by atoms with Crippen LogP contribution < -0.4 is 5.32 Å². The smallest absolute Gasteiger partial charge is 0.220 e. The summed E-state index contributed by atoms with van der Waals surface area (Å²) in [5, 5.41) is 2.90. The maximum atomic E-state index is 11.4. The van der Waals surface area contributed by atoms with Gasteiger partial charge < -0.3 is 5.32 Å². The van der Waals surface area contributed by atoms with E-state index in [2.05, 4.69) is 23.5 Å². The second-order valence-electron chi connectivity index (χ2n) is 3.62. The van der Waals surface area contributed by atoms with Crippen molar-refractivity contribution >= 4 is 17.7 Å². The number of hydrogen-bond acceptors (Lipinski definition) is 2. The van der Waals surface area contributed by atoms with Gasteiger partial charge in [-0.15, -0.1) is 11.8 Å². The molecule has 0 bridgehead atoms. The van der Waals surface area contributed by atoms with Gasteiger partial charge in [0.05, 0.1) is 0 Å². The molecule has 0 atom stereocenters. The highest BCUT2D eigenvalue weighted by Crippen LogP contribution is 2.17. The van der Waals surface area contributed by atoms with Crippen LogP contribution in [0.15, 0.2) is 47.4 Å². The van der Waals surface area contributed by atoms with Crippen LogP contribution in [0.2, 0.25) is 0 Å². The summed E-state index contributed by atoms with van der Waals surface area (Å²) in [7, 11) is 0. The number of carbonyl (C=O) groups is 1. The molecule has 3 heteroatoms. The first-order chi connectivity index (χ1) is 8.33. The minimum Gasteiger partial charge on any atom is -0.356 e. The predicted octanol–water partition coefficient (Wildman–Crippen LogP) is 3.25. The van der Waals surface area contributed by atoms with Gasteiger partial charge in [-0.25, -0.2) is 0 Å². The van der Waals surface area contributed by atoms with Gasteiger partial charge >= 0.3 is 0 Å². The Bertz CT molecular complexity index is 348. The molecule has 1 N–H and O–H groups in total. The number of benzene rings is 1. The van der Waals surface area contributed by atoms with E-state index in [0.29, 0.717) is 6.42 Å². The predicted molar refractivity (Wildman–Crippen MR) is 74.2 cm³/mol. The van der Waals surface area contributed by atoms with E-state index < -0.39 is 0 Å². The van der Waals surface area contributed by atoms with E-state index in [1.165, 1.54) is 4.90 Å². The lowest BCUT2D eigenvalue weighted by atomic mass is 10.3. The van der Waals surface area contributed by atoms with E-state index in [1.54, 1.807) is 11.8 Å². The van der Waals surface area contributed by atoms with Crippen LogP contribution in [0.25, 0.3) is 0 Å². The molecular formula is C14H19NOS. The average molecular weight is 249 g/mol. The largest absolute Gasteiger partial charge is 0.356 e. The fourth-order valence-electron chi connectivity index (χ4n) is 1.33. The third kappa shape index (κ3) is 6.84. The van der Waals surface area contributed by atoms with Gasteiger partial charge in [-0.1, -0.05) is 30.4 Å². The number of hydrogen-bond donors (Lipinski definition) is 1. The van der Waals surface area contributed by atoms with Crippen LogP contribution in [0.4, 0.5) is 0 Å². The quantitative estimate of drug-likeness (QED) is 0.456. The maximum Gasteiger partial charge on any atom is 0.220 e. The zero-order valence-corrected chi connectivity index (χ0v) is 11.0. The van der Waals surface area contributed by atoms with Crippen LogP contribution >= 0.6 is 11.8 Å². The lowest BCUT2D eigenvalue weighted by Gasteiger charge is -2.03. The van der Waals surface area contributed by atoms with Gasteiger partial charge in [0.25, 0.3) is 0 Å². The van der Waals surface area contributed by atoms with Crippen molar-refractivity contribution < 1.29 is 4.79 Å². The molecule has 92 valence electrons. The Kier molecular flexibility index (Phi) is 7.23. The van der Waals surface area contributed by atoms with Crippen LogP contribution in [0, 0.1) is 0 Å². The highest BCUT2D eigenvalue weighted by atomic mass is 32.2. The van der Waals surface area contributed by atoms with Crippen molar-refractivity contribution in [1.29, 1.82) is 0 Å². The van der Waals surface area contributed by atoms with Gasteiger partial charge in [-0.2, -0.15) is 0 Å². The van der Waals surface area contributed by atoms with Gasteiger partial charge in [0.2, 0.25) is 5.91 Å². The van der Waals surface area contributed by atoms with Crippen molar-refractivity contribution in [3.05, 3.63) is 42.5 Å². The number of allylic oxidation sites excluding steroid dienone is 1. The minimum absolute atomic E-state index is 0.137. The van der Waals surface area contributed by atoms with Gasteiger partial charge in [-0.3, -0.25) is 4.79 Å². The topological polar surface area (TPSA) is 29.1 Å². The van der Waals surface area contributed by atoms with Crippen molar-refractivity contribution in [2.24, 2.45) is 0 Å². The summed E-state index contributed by atoms with van der Waals surface area (Å²) in [6.45, 7) is 2.72. The molecule has 0 aliphatic rings. The molecule has 17 heavy (non-hydrogen) atoms. The Labute approximate surface area is 107 Å². The molecule has 0 unspecified atom stereocenters. The Morgan fingerprint density at radius 1 is 1.35 bits per heavy atom. The molecule has 1 aromatic carbocycles. The Balaban J connectivity index is 2.08. The maximum absolute atomic E-state index is 11.4. The highest BCUT2D eigenvalue weighted by Gasteiger charge is 2.00. The lowest BCUT2D eigenvalue weighted by molar-refractivity contribution is -0.120. The molecule has 1 rings (SSSR count). The molecule has 0 spiro atoms. The van der Waals surface area contributed by atoms with Crippen molar-refractivity contribution in [2.45, 2.75) is 24.7 Å². The normalized spacial score (nSPS) is 10.6. The zero-order chi connectivity index (χ0) is 12.3. The Hall–Kier alpha value is -1.22. The first-order valence-corrected chi connectivity index (χ1v) is 6.87. The first-order valence-electron chi connectivity index (χ1n) is 5.88. The highest BCUT2D eigenvalue weighted by molar-refractivity contribution is 7.99. The minimum atomic E-state index is 0.137. The Morgan fingerprint density at radius 3 is 2.82 bits per heavy atom. The lowest BCUT2D eigenvalue weighted by Crippen LogP contribution is -2.24. The number of rotatable bonds is 7. The number of thioether (sulfide) groups is 1. The summed E-state index contributed by atoms with van der Waals surface area (Å²) in [5.41, 5.74) is 0. The average Bonchev–Trinajstić information content (AvgIpc) is 2.36. The monoisotopic (exact) mass is 249 g/mol. The van der Waals surface area contributed by atoms with Crippen LogP contribution in [-0.4, -0.2) is 18.2 Å². The molecule has 0 aliphatic carbocycles. The molecule has 0 saturated heterocycles. The molecule has 1 amide bonds. The third-order valence-electron chi connectivity index (χ3n) is 2.21. The van der Waals surface area contributed by atoms with E-state index in [9.17, 15) is 4.79 Å². The molecule has 0 aliphatic heterocycles. The van der Waals surface area contributed by atoms with Crippen LogP contribution in [-0.2, 0) is 4.79 Å². The standard InChI is InChI=1S/C14H19NOS/c1-2-3-7-11-15-14(16)10-12-17-13-8-5-4-6-9-13/h2-6,8-9H,7,10-12H2,1H3,(H,15,16)/b3-2+. The van der Waals surface area contributed by atoms with E-state index in [-0.39, 0.29) is 5.91 Å². The van der Waals surface area contributed by atoms with Crippen LogP contribution in [0.3, 0.4) is 0 Å². The van der Waals surface area contributed by atoms with E-state index in [0.717, 1.165) is 18.7 Å². The van der Waals surface area contributed by atoms with E-state index in [4.69, 9.17) is 0 Å². The van der Waals surface area contributed by atoms with Crippen molar-refractivity contribution in [3.63, 3.8) is 0 Å². The molecule has 0 fully saturated rings. The second kappa shape index (κ2) is 8.88. The van der Waals surface area contributed by atoms with Crippen molar-refractivity contribution in [1.82, 2.24) is 5.32 Å². The third-order valence-corrected chi connectivity index (χ3v) is 3.22.